The van der Waals surface area contributed by atoms with E-state index in [9.17, 15) is 4.91 Å². The van der Waals surface area contributed by atoms with Gasteiger partial charge in [0, 0.05) is 0 Å². The van der Waals surface area contributed by atoms with Gasteiger partial charge in [0.2, 0.25) is 0 Å². The molecule has 0 aliphatic carbocycles. The Balaban J connectivity index is -0.000000109. The highest BCUT2D eigenvalue weighted by molar-refractivity contribution is 5.07. The fourth-order valence-electron chi connectivity index (χ4n) is 0.0373. The van der Waals surface area contributed by atoms with Crippen molar-refractivity contribution < 1.29 is 0 Å². The van der Waals surface area contributed by atoms with E-state index in [1.165, 1.54) is 6.08 Å². The molecule has 0 bridgehead atoms. The maximum atomic E-state index is 9.32. The third-order valence-electron chi connectivity index (χ3n) is 0.353. The third-order valence-corrected chi connectivity index (χ3v) is 0.353. The van der Waals surface area contributed by atoms with Gasteiger partial charge in [-0.15, -0.1) is 11.5 Å². The van der Waals surface area contributed by atoms with Gasteiger partial charge in [-0.2, -0.15) is 0 Å². The summed E-state index contributed by atoms with van der Waals surface area (Å²) in [7, 11) is 0. The summed E-state index contributed by atoms with van der Waals surface area (Å²) in [5.41, 5.74) is 0.176. The molecular weight excluding hydrogens is 138 g/mol. The van der Waals surface area contributed by atoms with Crippen LogP contribution in [0.5, 0.6) is 0 Å². The van der Waals surface area contributed by atoms with E-state index in [1.807, 2.05) is 20.8 Å². The van der Waals surface area contributed by atoms with Gasteiger partial charge in [0.1, 0.15) is 0 Å². The molecular formula is C9H17NO. The van der Waals surface area contributed by atoms with Gasteiger partial charge in [0.05, 0.1) is 5.70 Å². The minimum absolute atomic E-state index is 0.176. The average Bonchev–Trinajstić information content (AvgIpc) is 2.08. The van der Waals surface area contributed by atoms with E-state index in [1.54, 1.807) is 6.08 Å². The minimum atomic E-state index is 0.176. The smallest absolute Gasteiger partial charge is 0.0998 e. The molecule has 0 atom stereocenters. The van der Waals surface area contributed by atoms with E-state index in [0.29, 0.717) is 0 Å². The molecule has 0 unspecified atom stereocenters. The first-order valence-electron chi connectivity index (χ1n) is 3.44. The standard InChI is InChI=1S/C4H5NO.C3H6.C2H6/c1-3-4(2)5-6;1-3-2;1-2/h3H,1-2H2;3H,1H2,2H3;1-2H3. The Morgan fingerprint density at radius 2 is 1.64 bits per heavy atom. The maximum absolute atomic E-state index is 9.32. The van der Waals surface area contributed by atoms with Crippen molar-refractivity contribution in [1.82, 2.24) is 0 Å². The molecule has 2 nitrogen and oxygen atoms in total. The van der Waals surface area contributed by atoms with Crippen LogP contribution in [0.25, 0.3) is 0 Å². The van der Waals surface area contributed by atoms with E-state index in [4.69, 9.17) is 0 Å². The summed E-state index contributed by atoms with van der Waals surface area (Å²) >= 11 is 0. The lowest BCUT2D eigenvalue weighted by atomic mass is 10.5. The Morgan fingerprint density at radius 1 is 1.36 bits per heavy atom. The lowest BCUT2D eigenvalue weighted by molar-refractivity contribution is 1.42. The van der Waals surface area contributed by atoms with Gasteiger partial charge < -0.3 is 0 Å². The minimum Gasteiger partial charge on any atom is -0.145 e. The van der Waals surface area contributed by atoms with Crippen LogP contribution in [0, 0.1) is 4.91 Å². The first kappa shape index (κ1) is 16.4. The highest BCUT2D eigenvalue weighted by Gasteiger charge is 1.72. The zero-order valence-corrected chi connectivity index (χ0v) is 7.63. The molecule has 0 aromatic heterocycles. The molecule has 0 fully saturated rings. The van der Waals surface area contributed by atoms with Crippen molar-refractivity contribution in [1.29, 1.82) is 0 Å². The van der Waals surface area contributed by atoms with Gasteiger partial charge in [-0.3, -0.25) is 0 Å². The number of hydrogen-bond acceptors (Lipinski definition) is 2. The number of nitroso groups, excluding NO2 is 1. The summed E-state index contributed by atoms with van der Waals surface area (Å²) < 4.78 is 0. The second-order valence-electron chi connectivity index (χ2n) is 1.19. The van der Waals surface area contributed by atoms with E-state index in [2.05, 4.69) is 24.9 Å². The molecule has 0 aliphatic rings. The van der Waals surface area contributed by atoms with Crippen molar-refractivity contribution in [3.05, 3.63) is 42.5 Å². The lowest BCUT2D eigenvalue weighted by Gasteiger charge is -1.70. The molecule has 64 valence electrons. The molecule has 0 amide bonds. The van der Waals surface area contributed by atoms with E-state index < -0.39 is 0 Å². The maximum Gasteiger partial charge on any atom is 0.0998 e. The summed E-state index contributed by atoms with van der Waals surface area (Å²) in [5.74, 6) is 0. The Labute approximate surface area is 69.3 Å². The van der Waals surface area contributed by atoms with Gasteiger partial charge in [0.25, 0.3) is 0 Å². The van der Waals surface area contributed by atoms with Crippen LogP contribution in [-0.2, 0) is 0 Å². The summed E-state index contributed by atoms with van der Waals surface area (Å²) in [6.07, 6.45) is 3.05. The normalized spacial score (nSPS) is 5.36. The predicted molar refractivity (Wildman–Crippen MR) is 52.4 cm³/mol. The second kappa shape index (κ2) is 23.2. The van der Waals surface area contributed by atoms with Gasteiger partial charge in [-0.1, -0.05) is 33.1 Å². The van der Waals surface area contributed by atoms with Crippen molar-refractivity contribution in [2.45, 2.75) is 20.8 Å². The van der Waals surface area contributed by atoms with Crippen molar-refractivity contribution >= 4 is 0 Å². The molecule has 0 rings (SSSR count). The Bertz CT molecular complexity index is 107. The van der Waals surface area contributed by atoms with E-state index >= 15 is 0 Å². The number of allylic oxidation sites excluding steroid dienone is 2. The Morgan fingerprint density at radius 3 is 1.64 bits per heavy atom. The van der Waals surface area contributed by atoms with Crippen LogP contribution >= 0.6 is 0 Å². The van der Waals surface area contributed by atoms with Gasteiger partial charge in [0.15, 0.2) is 0 Å². The second-order valence-corrected chi connectivity index (χ2v) is 1.19. The van der Waals surface area contributed by atoms with Crippen LogP contribution < -0.4 is 0 Å². The fourth-order valence-corrected chi connectivity index (χ4v) is 0.0373. The Kier molecular flexibility index (Phi) is 34.7. The summed E-state index contributed by atoms with van der Waals surface area (Å²) in [6.45, 7) is 15.7. The van der Waals surface area contributed by atoms with E-state index in [-0.39, 0.29) is 5.70 Å². The average molecular weight is 155 g/mol. The zero-order valence-electron chi connectivity index (χ0n) is 7.63. The molecule has 0 radical (unpaired) electrons. The van der Waals surface area contributed by atoms with Gasteiger partial charge in [-0.25, -0.2) is 0 Å². The highest BCUT2D eigenvalue weighted by atomic mass is 16.3. The fraction of sp³-hybridized carbons (Fsp3) is 0.333. The molecule has 11 heavy (non-hydrogen) atoms. The summed E-state index contributed by atoms with van der Waals surface area (Å²) in [4.78, 5) is 9.32. The zero-order chi connectivity index (χ0) is 9.70. The molecule has 0 heterocycles. The largest absolute Gasteiger partial charge is 0.145 e. The number of hydrogen-bond donors (Lipinski definition) is 0. The number of nitrogens with zero attached hydrogens (tertiary/aromatic N) is 1. The molecule has 0 N–H and O–H groups in total. The van der Waals surface area contributed by atoms with Crippen LogP contribution in [0.1, 0.15) is 20.8 Å². The van der Waals surface area contributed by atoms with Gasteiger partial charge in [-0.05, 0) is 18.2 Å². The molecule has 0 aliphatic heterocycles. The topological polar surface area (TPSA) is 29.4 Å². The molecule has 0 aromatic carbocycles. The van der Waals surface area contributed by atoms with Crippen LogP contribution in [0.4, 0.5) is 0 Å². The SMILES string of the molecule is C=CC.C=CC(=C)N=O.CC. The van der Waals surface area contributed by atoms with Gasteiger partial charge >= 0.3 is 0 Å². The molecule has 0 saturated carbocycles. The first-order chi connectivity index (χ1) is 5.22. The first-order valence-corrected chi connectivity index (χ1v) is 3.44. The van der Waals surface area contributed by atoms with Crippen molar-refractivity contribution in [2.75, 3.05) is 0 Å². The van der Waals surface area contributed by atoms with Crippen molar-refractivity contribution in [3.63, 3.8) is 0 Å². The Hall–Kier alpha value is -1.18. The number of rotatable bonds is 2. The summed E-state index contributed by atoms with van der Waals surface area (Å²) in [5, 5.41) is 2.44. The van der Waals surface area contributed by atoms with Crippen LogP contribution in [0.2, 0.25) is 0 Å². The molecule has 2 heteroatoms. The van der Waals surface area contributed by atoms with Crippen molar-refractivity contribution in [3.8, 4) is 0 Å². The van der Waals surface area contributed by atoms with Crippen LogP contribution in [0.15, 0.2) is 42.8 Å². The monoisotopic (exact) mass is 155 g/mol. The van der Waals surface area contributed by atoms with E-state index in [0.717, 1.165) is 0 Å². The summed E-state index contributed by atoms with van der Waals surface area (Å²) in [6, 6.07) is 0. The lowest BCUT2D eigenvalue weighted by Crippen LogP contribution is -1.55. The third kappa shape index (κ3) is 51.6. The van der Waals surface area contributed by atoms with Crippen LogP contribution in [-0.4, -0.2) is 0 Å². The quantitative estimate of drug-likeness (QED) is 0.340. The molecule has 0 spiro atoms. The predicted octanol–water partition coefficient (Wildman–Crippen LogP) is 3.67. The molecule has 0 aromatic rings. The highest BCUT2D eigenvalue weighted by Crippen LogP contribution is 1.87. The van der Waals surface area contributed by atoms with Crippen molar-refractivity contribution in [2.24, 2.45) is 5.18 Å². The molecule has 0 saturated heterocycles. The van der Waals surface area contributed by atoms with Crippen LogP contribution in [0.3, 0.4) is 0 Å².